The first kappa shape index (κ1) is 10.4. The molecule has 0 amide bonds. The minimum atomic E-state index is 0.618. The Bertz CT molecular complexity index is 655. The average Bonchev–Trinajstić information content (AvgIpc) is 3.00. The van der Waals surface area contributed by atoms with Gasteiger partial charge in [0.05, 0.1) is 17.3 Å². The van der Waals surface area contributed by atoms with Gasteiger partial charge in [-0.2, -0.15) is 0 Å². The number of rotatable bonds is 2. The van der Waals surface area contributed by atoms with Crippen molar-refractivity contribution in [3.05, 3.63) is 47.7 Å². The Balaban J connectivity index is 1.98. The van der Waals surface area contributed by atoms with E-state index in [1.54, 1.807) is 45.5 Å². The first-order chi connectivity index (χ1) is 8.42. The van der Waals surface area contributed by atoms with Gasteiger partial charge in [0.15, 0.2) is 5.82 Å². The van der Waals surface area contributed by atoms with E-state index >= 15 is 0 Å². The number of hydrogen-bond acceptors (Lipinski definition) is 6. The lowest BCUT2D eigenvalue weighted by atomic mass is 10.4. The SMILES string of the molecule is c1coc(-c2cc(=Nc3cnccn3)ss2)c1. The molecular formula is C11H7N3OS2. The van der Waals surface area contributed by atoms with Crippen LogP contribution in [0.1, 0.15) is 0 Å². The second-order valence-electron chi connectivity index (χ2n) is 3.17. The first-order valence-electron chi connectivity index (χ1n) is 4.86. The molecule has 17 heavy (non-hydrogen) atoms. The Morgan fingerprint density at radius 1 is 1.24 bits per heavy atom. The lowest BCUT2D eigenvalue weighted by Gasteiger charge is -1.86. The molecule has 0 saturated carbocycles. The molecule has 3 aromatic heterocycles. The standard InChI is InChI=1S/C11H7N3OS2/c1-2-8(15-5-1)9-6-11(17-16-9)14-10-7-12-3-4-13-10/h1-7H. The molecule has 0 aliphatic heterocycles. The molecule has 0 aromatic carbocycles. The summed E-state index contributed by atoms with van der Waals surface area (Å²) in [5.41, 5.74) is 0. The van der Waals surface area contributed by atoms with Crippen LogP contribution < -0.4 is 4.67 Å². The van der Waals surface area contributed by atoms with Crippen molar-refractivity contribution < 1.29 is 4.42 Å². The normalized spacial score (nSPS) is 11.9. The van der Waals surface area contributed by atoms with Crippen molar-refractivity contribution in [1.82, 2.24) is 9.97 Å². The third-order valence-electron chi connectivity index (χ3n) is 2.01. The first-order valence-corrected chi connectivity index (χ1v) is 7.01. The molecule has 0 saturated heterocycles. The molecular weight excluding hydrogens is 254 g/mol. The van der Waals surface area contributed by atoms with E-state index in [4.69, 9.17) is 4.42 Å². The van der Waals surface area contributed by atoms with Crippen LogP contribution in [0, 0.1) is 0 Å². The second-order valence-corrected chi connectivity index (χ2v) is 5.36. The molecule has 3 heterocycles. The average molecular weight is 261 g/mol. The number of hydrogen-bond donors (Lipinski definition) is 0. The predicted octanol–water partition coefficient (Wildman–Crippen LogP) is 3.09. The summed E-state index contributed by atoms with van der Waals surface area (Å²) in [5.74, 6) is 1.49. The van der Waals surface area contributed by atoms with Crippen LogP contribution in [0.2, 0.25) is 0 Å². The summed E-state index contributed by atoms with van der Waals surface area (Å²) in [5, 5.41) is 0. The topological polar surface area (TPSA) is 51.3 Å². The van der Waals surface area contributed by atoms with E-state index in [-0.39, 0.29) is 0 Å². The Kier molecular flexibility index (Phi) is 2.81. The highest BCUT2D eigenvalue weighted by molar-refractivity contribution is 7.69. The maximum atomic E-state index is 5.33. The summed E-state index contributed by atoms with van der Waals surface area (Å²) < 4.78 is 6.24. The van der Waals surface area contributed by atoms with E-state index < -0.39 is 0 Å². The molecule has 0 N–H and O–H groups in total. The van der Waals surface area contributed by atoms with Crippen molar-refractivity contribution in [2.45, 2.75) is 0 Å². The van der Waals surface area contributed by atoms with Gasteiger partial charge in [0.1, 0.15) is 10.4 Å². The maximum Gasteiger partial charge on any atom is 0.171 e. The Labute approximate surface area is 104 Å². The monoisotopic (exact) mass is 261 g/mol. The minimum Gasteiger partial charge on any atom is -0.463 e. The van der Waals surface area contributed by atoms with Crippen LogP contribution in [0.25, 0.3) is 10.6 Å². The van der Waals surface area contributed by atoms with E-state index in [0.717, 1.165) is 15.3 Å². The highest BCUT2D eigenvalue weighted by atomic mass is 32.9. The van der Waals surface area contributed by atoms with Gasteiger partial charge in [0.2, 0.25) is 0 Å². The van der Waals surface area contributed by atoms with Crippen molar-refractivity contribution in [3.8, 4) is 10.6 Å². The highest BCUT2D eigenvalue weighted by Crippen LogP contribution is 2.25. The summed E-state index contributed by atoms with van der Waals surface area (Å²) in [6, 6.07) is 5.80. The Morgan fingerprint density at radius 3 is 3.00 bits per heavy atom. The maximum absolute atomic E-state index is 5.33. The van der Waals surface area contributed by atoms with Crippen LogP contribution in [0.4, 0.5) is 5.82 Å². The third kappa shape index (κ3) is 2.32. The van der Waals surface area contributed by atoms with Crippen molar-refractivity contribution in [3.63, 3.8) is 0 Å². The molecule has 0 radical (unpaired) electrons. The fourth-order valence-electron chi connectivity index (χ4n) is 1.29. The summed E-state index contributed by atoms with van der Waals surface area (Å²) in [7, 11) is 3.22. The molecule has 6 heteroatoms. The molecule has 0 aliphatic carbocycles. The number of furan rings is 1. The predicted molar refractivity (Wildman–Crippen MR) is 67.2 cm³/mol. The lowest BCUT2D eigenvalue weighted by Crippen LogP contribution is -1.89. The second kappa shape index (κ2) is 4.60. The lowest BCUT2D eigenvalue weighted by molar-refractivity contribution is 0.584. The summed E-state index contributed by atoms with van der Waals surface area (Å²) >= 11 is 0. The molecule has 0 fully saturated rings. The molecule has 3 aromatic rings. The van der Waals surface area contributed by atoms with Gasteiger partial charge in [-0.3, -0.25) is 4.98 Å². The fraction of sp³-hybridized carbons (Fsp3) is 0. The highest BCUT2D eigenvalue weighted by Gasteiger charge is 2.03. The Hall–Kier alpha value is -1.79. The molecule has 0 unspecified atom stereocenters. The Morgan fingerprint density at radius 2 is 2.24 bits per heavy atom. The van der Waals surface area contributed by atoms with Gasteiger partial charge in [-0.15, -0.1) is 0 Å². The molecule has 3 rings (SSSR count). The molecule has 84 valence electrons. The van der Waals surface area contributed by atoms with Crippen molar-refractivity contribution in [2.75, 3.05) is 0 Å². The van der Waals surface area contributed by atoms with Crippen molar-refractivity contribution in [2.24, 2.45) is 4.99 Å². The molecule has 4 nitrogen and oxygen atoms in total. The van der Waals surface area contributed by atoms with E-state index in [0.29, 0.717) is 5.82 Å². The molecule has 0 atom stereocenters. The third-order valence-corrected chi connectivity index (χ3v) is 4.27. The number of aromatic nitrogens is 2. The summed E-state index contributed by atoms with van der Waals surface area (Å²) in [4.78, 5) is 13.5. The van der Waals surface area contributed by atoms with E-state index in [1.165, 1.54) is 0 Å². The van der Waals surface area contributed by atoms with Gasteiger partial charge >= 0.3 is 0 Å². The molecule has 0 spiro atoms. The van der Waals surface area contributed by atoms with Gasteiger partial charge in [-0.05, 0) is 18.2 Å². The summed E-state index contributed by atoms with van der Waals surface area (Å²) in [6.07, 6.45) is 6.56. The van der Waals surface area contributed by atoms with E-state index in [2.05, 4.69) is 15.0 Å². The smallest absolute Gasteiger partial charge is 0.171 e. The van der Waals surface area contributed by atoms with E-state index in [9.17, 15) is 0 Å². The van der Waals surface area contributed by atoms with Crippen molar-refractivity contribution >= 4 is 26.5 Å². The van der Waals surface area contributed by atoms with Crippen LogP contribution in [0.3, 0.4) is 0 Å². The van der Waals surface area contributed by atoms with E-state index in [1.807, 2.05) is 18.2 Å². The zero-order valence-electron chi connectivity index (χ0n) is 8.61. The zero-order valence-corrected chi connectivity index (χ0v) is 10.2. The fourth-order valence-corrected chi connectivity index (χ4v) is 3.37. The quantitative estimate of drug-likeness (QED) is 0.666. The molecule has 0 bridgehead atoms. The van der Waals surface area contributed by atoms with Gasteiger partial charge in [-0.25, -0.2) is 9.98 Å². The minimum absolute atomic E-state index is 0.618. The largest absolute Gasteiger partial charge is 0.463 e. The van der Waals surface area contributed by atoms with Gasteiger partial charge < -0.3 is 4.42 Å². The van der Waals surface area contributed by atoms with Crippen molar-refractivity contribution in [1.29, 1.82) is 0 Å². The van der Waals surface area contributed by atoms with Crippen LogP contribution in [-0.2, 0) is 0 Å². The van der Waals surface area contributed by atoms with Gasteiger partial charge in [-0.1, -0.05) is 20.7 Å². The van der Waals surface area contributed by atoms with Crippen LogP contribution >= 0.6 is 20.7 Å². The van der Waals surface area contributed by atoms with Gasteiger partial charge in [0.25, 0.3) is 0 Å². The van der Waals surface area contributed by atoms with Crippen LogP contribution in [0.5, 0.6) is 0 Å². The number of nitrogens with zero attached hydrogens (tertiary/aromatic N) is 3. The zero-order chi connectivity index (χ0) is 11.5. The van der Waals surface area contributed by atoms with Crippen LogP contribution in [-0.4, -0.2) is 9.97 Å². The molecule has 0 aliphatic rings. The van der Waals surface area contributed by atoms with Gasteiger partial charge in [0, 0.05) is 12.4 Å². The van der Waals surface area contributed by atoms with Crippen LogP contribution in [0.15, 0.2) is 52.5 Å². The summed E-state index contributed by atoms with van der Waals surface area (Å²) in [6.45, 7) is 0.